The third-order valence-electron chi connectivity index (χ3n) is 5.37. The molecular weight excluding hydrogens is 332 g/mol. The van der Waals surface area contributed by atoms with Gasteiger partial charge in [-0.3, -0.25) is 0 Å². The highest BCUT2D eigenvalue weighted by molar-refractivity contribution is 5.89. The number of carbonyl (C=O) groups excluding carboxylic acids is 1. The van der Waals surface area contributed by atoms with Crippen LogP contribution < -0.4 is 5.32 Å². The summed E-state index contributed by atoms with van der Waals surface area (Å²) in [4.78, 5) is 18.6. The zero-order chi connectivity index (χ0) is 18.1. The number of carbonyl (C=O) groups is 1. The molecule has 2 amide bonds. The van der Waals surface area contributed by atoms with Crippen molar-refractivity contribution in [1.29, 1.82) is 0 Å². The second-order valence-electron chi connectivity index (χ2n) is 7.07. The van der Waals surface area contributed by atoms with Crippen LogP contribution >= 0.6 is 0 Å². The standard InChI is InChI=1S/C19H24N4O3/c1-22-9-6-20-18(22)17(24)13-4-7-23(8-5-13)19(25)21-16-3-2-14-11-26-12-15(14)10-16/h2-3,6,9-10,13,17,24H,4-5,7-8,11-12H2,1H3,(H,21,25)/t17-/m1/s1. The summed E-state index contributed by atoms with van der Waals surface area (Å²) in [5.41, 5.74) is 3.13. The number of amides is 2. The summed E-state index contributed by atoms with van der Waals surface area (Å²) in [6.45, 7) is 2.52. The minimum absolute atomic E-state index is 0.0891. The maximum absolute atomic E-state index is 12.5. The zero-order valence-electron chi connectivity index (χ0n) is 14.9. The van der Waals surface area contributed by atoms with Gasteiger partial charge in [0.25, 0.3) is 0 Å². The fourth-order valence-corrected chi connectivity index (χ4v) is 3.74. The van der Waals surface area contributed by atoms with E-state index in [9.17, 15) is 9.90 Å². The van der Waals surface area contributed by atoms with E-state index in [-0.39, 0.29) is 11.9 Å². The minimum Gasteiger partial charge on any atom is -0.385 e. The summed E-state index contributed by atoms with van der Waals surface area (Å²) in [5.74, 6) is 0.811. The molecule has 4 rings (SSSR count). The summed E-state index contributed by atoms with van der Waals surface area (Å²) in [5, 5.41) is 13.5. The van der Waals surface area contributed by atoms with Crippen LogP contribution in [0.15, 0.2) is 30.6 Å². The predicted molar refractivity (Wildman–Crippen MR) is 96.4 cm³/mol. The Balaban J connectivity index is 1.33. The van der Waals surface area contributed by atoms with Gasteiger partial charge in [-0.2, -0.15) is 0 Å². The summed E-state index contributed by atoms with van der Waals surface area (Å²) in [6.07, 6.45) is 4.47. The lowest BCUT2D eigenvalue weighted by molar-refractivity contribution is 0.0600. The number of nitrogens with one attached hydrogen (secondary N) is 1. The molecule has 7 nitrogen and oxygen atoms in total. The number of aryl methyl sites for hydroxylation is 1. The van der Waals surface area contributed by atoms with Gasteiger partial charge in [0.1, 0.15) is 11.9 Å². The first-order valence-electron chi connectivity index (χ1n) is 9.02. The Morgan fingerprint density at radius 2 is 2.08 bits per heavy atom. The lowest BCUT2D eigenvalue weighted by Crippen LogP contribution is -2.42. The molecule has 0 unspecified atom stereocenters. The summed E-state index contributed by atoms with van der Waals surface area (Å²) < 4.78 is 7.26. The summed E-state index contributed by atoms with van der Waals surface area (Å²) >= 11 is 0. The molecule has 0 spiro atoms. The topological polar surface area (TPSA) is 79.6 Å². The molecule has 2 aliphatic heterocycles. The number of aliphatic hydroxyl groups excluding tert-OH is 1. The molecule has 0 saturated carbocycles. The number of imidazole rings is 1. The van der Waals surface area contributed by atoms with Crippen LogP contribution in [0, 0.1) is 5.92 Å². The van der Waals surface area contributed by atoms with E-state index in [0.717, 1.165) is 24.1 Å². The number of piperidine rings is 1. The average molecular weight is 356 g/mol. The van der Waals surface area contributed by atoms with Gasteiger partial charge in [0.2, 0.25) is 0 Å². The van der Waals surface area contributed by atoms with Crippen molar-refractivity contribution in [2.24, 2.45) is 13.0 Å². The number of ether oxygens (including phenoxy) is 1. The Morgan fingerprint density at radius 1 is 1.31 bits per heavy atom. The fourth-order valence-electron chi connectivity index (χ4n) is 3.74. The molecule has 2 aromatic rings. The van der Waals surface area contributed by atoms with E-state index >= 15 is 0 Å². The SMILES string of the molecule is Cn1ccnc1[C@H](O)C1CCN(C(=O)Nc2ccc3c(c2)COC3)CC1. The number of urea groups is 1. The predicted octanol–water partition coefficient (Wildman–Crippen LogP) is 2.43. The third kappa shape index (κ3) is 3.32. The molecule has 0 radical (unpaired) electrons. The molecule has 0 aliphatic carbocycles. The van der Waals surface area contributed by atoms with Crippen molar-refractivity contribution in [3.05, 3.63) is 47.5 Å². The van der Waals surface area contributed by atoms with Gasteiger partial charge >= 0.3 is 6.03 Å². The molecule has 7 heteroatoms. The van der Waals surface area contributed by atoms with Gasteiger partial charge < -0.3 is 24.6 Å². The van der Waals surface area contributed by atoms with E-state index in [2.05, 4.69) is 10.3 Å². The maximum Gasteiger partial charge on any atom is 0.321 e. The van der Waals surface area contributed by atoms with Crippen LogP contribution in [0.25, 0.3) is 0 Å². The molecule has 1 aromatic heterocycles. The first kappa shape index (κ1) is 17.1. The highest BCUT2D eigenvalue weighted by Crippen LogP contribution is 2.30. The monoisotopic (exact) mass is 356 g/mol. The van der Waals surface area contributed by atoms with Gasteiger partial charge in [-0.15, -0.1) is 0 Å². The lowest BCUT2D eigenvalue weighted by Gasteiger charge is -2.34. The molecule has 2 aliphatic rings. The minimum atomic E-state index is -0.586. The van der Waals surface area contributed by atoms with E-state index in [1.165, 1.54) is 5.56 Å². The number of likely N-dealkylation sites (tertiary alicyclic amines) is 1. The van der Waals surface area contributed by atoms with Crippen molar-refractivity contribution in [2.45, 2.75) is 32.2 Å². The molecule has 2 N–H and O–H groups in total. The Kier molecular flexibility index (Phi) is 4.65. The number of benzene rings is 1. The number of hydrogen-bond acceptors (Lipinski definition) is 4. The normalized spacial score (nSPS) is 18.6. The average Bonchev–Trinajstić information content (AvgIpc) is 3.29. The molecule has 1 aromatic carbocycles. The highest BCUT2D eigenvalue weighted by Gasteiger charge is 2.30. The van der Waals surface area contributed by atoms with Crippen LogP contribution in [0.3, 0.4) is 0 Å². The van der Waals surface area contributed by atoms with Crippen LogP contribution in [-0.2, 0) is 25.0 Å². The van der Waals surface area contributed by atoms with Gasteiger partial charge in [-0.1, -0.05) is 6.07 Å². The lowest BCUT2D eigenvalue weighted by atomic mass is 9.91. The van der Waals surface area contributed by atoms with Gasteiger partial charge in [0.15, 0.2) is 0 Å². The number of hydrogen-bond donors (Lipinski definition) is 2. The van der Waals surface area contributed by atoms with Crippen molar-refractivity contribution in [3.8, 4) is 0 Å². The number of anilines is 1. The molecule has 26 heavy (non-hydrogen) atoms. The second-order valence-corrected chi connectivity index (χ2v) is 7.07. The van der Waals surface area contributed by atoms with E-state index in [4.69, 9.17) is 4.74 Å². The van der Waals surface area contributed by atoms with E-state index in [1.807, 2.05) is 40.9 Å². The number of aromatic nitrogens is 2. The van der Waals surface area contributed by atoms with Crippen LogP contribution in [0.5, 0.6) is 0 Å². The zero-order valence-corrected chi connectivity index (χ0v) is 14.9. The van der Waals surface area contributed by atoms with Crippen molar-refractivity contribution < 1.29 is 14.6 Å². The molecule has 3 heterocycles. The van der Waals surface area contributed by atoms with E-state index in [1.54, 1.807) is 6.20 Å². The smallest absolute Gasteiger partial charge is 0.321 e. The number of fused-ring (bicyclic) bond motifs is 1. The Morgan fingerprint density at radius 3 is 2.81 bits per heavy atom. The van der Waals surface area contributed by atoms with Crippen molar-refractivity contribution in [2.75, 3.05) is 18.4 Å². The molecule has 138 valence electrons. The quantitative estimate of drug-likeness (QED) is 0.885. The van der Waals surface area contributed by atoms with Crippen LogP contribution in [0.1, 0.15) is 35.9 Å². The van der Waals surface area contributed by atoms with Gasteiger partial charge in [-0.25, -0.2) is 9.78 Å². The van der Waals surface area contributed by atoms with Gasteiger partial charge in [0.05, 0.1) is 13.2 Å². The molecule has 0 bridgehead atoms. The summed E-state index contributed by atoms with van der Waals surface area (Å²) in [6, 6.07) is 5.82. The third-order valence-corrected chi connectivity index (χ3v) is 5.37. The van der Waals surface area contributed by atoms with Crippen molar-refractivity contribution >= 4 is 11.7 Å². The van der Waals surface area contributed by atoms with E-state index < -0.39 is 6.10 Å². The molecule has 1 fully saturated rings. The number of aliphatic hydroxyl groups is 1. The first-order valence-corrected chi connectivity index (χ1v) is 9.02. The van der Waals surface area contributed by atoms with E-state index in [0.29, 0.717) is 32.1 Å². The maximum atomic E-state index is 12.5. The van der Waals surface area contributed by atoms with Crippen LogP contribution in [0.4, 0.5) is 10.5 Å². The number of nitrogens with zero attached hydrogens (tertiary/aromatic N) is 3. The molecule has 1 saturated heterocycles. The summed E-state index contributed by atoms with van der Waals surface area (Å²) in [7, 11) is 1.88. The number of rotatable bonds is 3. The Labute approximate surface area is 152 Å². The van der Waals surface area contributed by atoms with Crippen LogP contribution in [-0.4, -0.2) is 38.7 Å². The fraction of sp³-hybridized carbons (Fsp3) is 0.474. The second kappa shape index (κ2) is 7.09. The molecule has 1 atom stereocenters. The van der Waals surface area contributed by atoms with Gasteiger partial charge in [-0.05, 0) is 42.0 Å². The van der Waals surface area contributed by atoms with Crippen LogP contribution in [0.2, 0.25) is 0 Å². The van der Waals surface area contributed by atoms with Crippen molar-refractivity contribution in [1.82, 2.24) is 14.5 Å². The first-order chi connectivity index (χ1) is 12.6. The Bertz CT molecular complexity index is 796. The Hall–Kier alpha value is -2.38. The largest absolute Gasteiger partial charge is 0.385 e. The van der Waals surface area contributed by atoms with Crippen molar-refractivity contribution in [3.63, 3.8) is 0 Å². The highest BCUT2D eigenvalue weighted by atomic mass is 16.5. The van der Waals surface area contributed by atoms with Gasteiger partial charge in [0, 0.05) is 38.2 Å². The molecular formula is C19H24N4O3.